The number of nitrogens with two attached hydrogens (primary N) is 1. The fourth-order valence-electron chi connectivity index (χ4n) is 1.97. The number of fused-ring (bicyclic) bond motifs is 1. The second-order valence-corrected chi connectivity index (χ2v) is 3.84. The zero-order chi connectivity index (χ0) is 10.7. The lowest BCUT2D eigenvalue weighted by atomic mass is 9.99. The number of carbonyl (C=O) groups excluding carboxylic acids is 1. The van der Waals surface area contributed by atoms with E-state index < -0.39 is 0 Å². The smallest absolute Gasteiger partial charge is 0.254 e. The van der Waals surface area contributed by atoms with E-state index in [0.29, 0.717) is 6.54 Å². The van der Waals surface area contributed by atoms with Crippen LogP contribution in [-0.2, 0) is 6.42 Å². The second-order valence-electron chi connectivity index (χ2n) is 3.84. The molecule has 0 aliphatic carbocycles. The number of amides is 1. The Morgan fingerprint density at radius 1 is 1.33 bits per heavy atom. The summed E-state index contributed by atoms with van der Waals surface area (Å²) in [4.78, 5) is 13.9. The highest BCUT2D eigenvalue weighted by Gasteiger charge is 2.22. The van der Waals surface area contributed by atoms with Gasteiger partial charge in [0.15, 0.2) is 0 Å². The first-order chi connectivity index (χ1) is 7.33. The lowest BCUT2D eigenvalue weighted by Crippen LogP contribution is -2.38. The number of hydrogen-bond donors (Lipinski definition) is 1. The van der Waals surface area contributed by atoms with Gasteiger partial charge >= 0.3 is 0 Å². The Morgan fingerprint density at radius 2 is 2.13 bits per heavy atom. The normalized spacial score (nSPS) is 15.3. The summed E-state index contributed by atoms with van der Waals surface area (Å²) in [5, 5.41) is 0. The van der Waals surface area contributed by atoms with Gasteiger partial charge in [-0.05, 0) is 31.0 Å². The highest BCUT2D eigenvalue weighted by atomic mass is 16.2. The van der Waals surface area contributed by atoms with E-state index in [2.05, 4.69) is 0 Å². The predicted molar refractivity (Wildman–Crippen MR) is 59.7 cm³/mol. The largest absolute Gasteiger partial charge is 0.338 e. The molecule has 0 saturated heterocycles. The fourth-order valence-corrected chi connectivity index (χ4v) is 1.97. The zero-order valence-corrected chi connectivity index (χ0v) is 8.78. The highest BCUT2D eigenvalue weighted by Crippen LogP contribution is 2.18. The maximum atomic E-state index is 12.0. The fraction of sp³-hybridized carbons (Fsp3) is 0.417. The molecule has 80 valence electrons. The Morgan fingerprint density at radius 3 is 2.93 bits per heavy atom. The molecule has 15 heavy (non-hydrogen) atoms. The van der Waals surface area contributed by atoms with Crippen LogP contribution in [0, 0.1) is 0 Å². The molecule has 0 aromatic heterocycles. The molecule has 2 N–H and O–H groups in total. The van der Waals surface area contributed by atoms with Crippen molar-refractivity contribution in [2.45, 2.75) is 12.8 Å². The van der Waals surface area contributed by atoms with Gasteiger partial charge in [0.1, 0.15) is 0 Å². The summed E-state index contributed by atoms with van der Waals surface area (Å²) >= 11 is 0. The van der Waals surface area contributed by atoms with Gasteiger partial charge < -0.3 is 10.6 Å². The molecule has 3 heteroatoms. The Balaban J connectivity index is 2.15. The lowest BCUT2D eigenvalue weighted by Gasteiger charge is -2.28. The van der Waals surface area contributed by atoms with Crippen LogP contribution in [0.15, 0.2) is 24.3 Å². The van der Waals surface area contributed by atoms with E-state index >= 15 is 0 Å². The molecule has 0 bridgehead atoms. The molecule has 0 fully saturated rings. The van der Waals surface area contributed by atoms with Gasteiger partial charge in [-0.3, -0.25) is 4.79 Å². The van der Waals surface area contributed by atoms with Crippen LogP contribution in [-0.4, -0.2) is 30.4 Å². The molecule has 1 amide bonds. The van der Waals surface area contributed by atoms with Crippen LogP contribution in [0.2, 0.25) is 0 Å². The van der Waals surface area contributed by atoms with Crippen LogP contribution in [0.3, 0.4) is 0 Å². The Kier molecular flexibility index (Phi) is 3.02. The van der Waals surface area contributed by atoms with E-state index in [1.807, 2.05) is 29.2 Å². The Bertz CT molecular complexity index is 362. The first-order valence-electron chi connectivity index (χ1n) is 5.40. The number of carbonyl (C=O) groups is 1. The molecular formula is C12H16N2O. The standard InChI is InChI=1S/C12H16N2O/c13-7-3-8-14-9-6-10-4-1-2-5-11(10)12(14)15/h1-2,4-5H,3,6-9,13H2. The van der Waals surface area contributed by atoms with E-state index in [1.54, 1.807) is 0 Å². The van der Waals surface area contributed by atoms with Gasteiger partial charge in [-0.25, -0.2) is 0 Å². The van der Waals surface area contributed by atoms with Crippen molar-refractivity contribution in [3.8, 4) is 0 Å². The molecule has 1 aromatic carbocycles. The third-order valence-electron chi connectivity index (χ3n) is 2.82. The van der Waals surface area contributed by atoms with Crippen molar-refractivity contribution >= 4 is 5.91 Å². The first-order valence-corrected chi connectivity index (χ1v) is 5.40. The highest BCUT2D eigenvalue weighted by molar-refractivity contribution is 5.96. The van der Waals surface area contributed by atoms with Crippen LogP contribution in [0.25, 0.3) is 0 Å². The van der Waals surface area contributed by atoms with Gasteiger partial charge in [-0.1, -0.05) is 18.2 Å². The van der Waals surface area contributed by atoms with E-state index in [0.717, 1.165) is 31.5 Å². The molecule has 0 radical (unpaired) electrons. The molecule has 1 aromatic rings. The first kappa shape index (κ1) is 10.2. The minimum absolute atomic E-state index is 0.158. The molecule has 1 aliphatic rings. The van der Waals surface area contributed by atoms with Crippen molar-refractivity contribution in [2.24, 2.45) is 5.73 Å². The van der Waals surface area contributed by atoms with Gasteiger partial charge in [-0.15, -0.1) is 0 Å². The maximum absolute atomic E-state index is 12.0. The third-order valence-corrected chi connectivity index (χ3v) is 2.82. The van der Waals surface area contributed by atoms with Crippen LogP contribution >= 0.6 is 0 Å². The summed E-state index contributed by atoms with van der Waals surface area (Å²) in [5.41, 5.74) is 7.48. The van der Waals surface area contributed by atoms with Gasteiger partial charge in [-0.2, -0.15) is 0 Å². The number of benzene rings is 1. The summed E-state index contributed by atoms with van der Waals surface area (Å²) in [6.45, 7) is 2.25. The summed E-state index contributed by atoms with van der Waals surface area (Å²) < 4.78 is 0. The molecule has 1 aliphatic heterocycles. The summed E-state index contributed by atoms with van der Waals surface area (Å²) in [5.74, 6) is 0.158. The number of nitrogens with zero attached hydrogens (tertiary/aromatic N) is 1. The Hall–Kier alpha value is -1.35. The van der Waals surface area contributed by atoms with Crippen molar-refractivity contribution in [3.63, 3.8) is 0 Å². The van der Waals surface area contributed by atoms with Crippen molar-refractivity contribution in [1.29, 1.82) is 0 Å². The van der Waals surface area contributed by atoms with Crippen LogP contribution in [0.1, 0.15) is 22.3 Å². The molecule has 0 saturated carbocycles. The van der Waals surface area contributed by atoms with Crippen molar-refractivity contribution in [1.82, 2.24) is 4.90 Å². The quantitative estimate of drug-likeness (QED) is 0.799. The molecule has 3 nitrogen and oxygen atoms in total. The van der Waals surface area contributed by atoms with Crippen molar-refractivity contribution < 1.29 is 4.79 Å². The predicted octanol–water partition coefficient (Wildman–Crippen LogP) is 1.03. The molecule has 0 spiro atoms. The Labute approximate surface area is 89.9 Å². The number of rotatable bonds is 3. The minimum Gasteiger partial charge on any atom is -0.338 e. The average molecular weight is 204 g/mol. The van der Waals surface area contributed by atoms with Gasteiger partial charge in [0, 0.05) is 18.7 Å². The van der Waals surface area contributed by atoms with E-state index in [4.69, 9.17) is 5.73 Å². The lowest BCUT2D eigenvalue weighted by molar-refractivity contribution is 0.0739. The molecule has 2 rings (SSSR count). The van der Waals surface area contributed by atoms with E-state index in [1.165, 1.54) is 5.56 Å². The third kappa shape index (κ3) is 2.02. The van der Waals surface area contributed by atoms with Gasteiger partial charge in [0.25, 0.3) is 5.91 Å². The maximum Gasteiger partial charge on any atom is 0.254 e. The average Bonchev–Trinajstić information content (AvgIpc) is 2.29. The van der Waals surface area contributed by atoms with Crippen molar-refractivity contribution in [2.75, 3.05) is 19.6 Å². The molecule has 1 heterocycles. The van der Waals surface area contributed by atoms with Crippen LogP contribution < -0.4 is 5.73 Å². The molecule has 0 unspecified atom stereocenters. The second kappa shape index (κ2) is 4.45. The van der Waals surface area contributed by atoms with E-state index in [-0.39, 0.29) is 5.91 Å². The van der Waals surface area contributed by atoms with Crippen LogP contribution in [0.5, 0.6) is 0 Å². The zero-order valence-electron chi connectivity index (χ0n) is 8.78. The SMILES string of the molecule is NCCCN1CCc2ccccc2C1=O. The van der Waals surface area contributed by atoms with Gasteiger partial charge in [0.05, 0.1) is 0 Å². The molecular weight excluding hydrogens is 188 g/mol. The molecule has 0 atom stereocenters. The summed E-state index contributed by atoms with van der Waals surface area (Å²) in [6.07, 6.45) is 1.85. The summed E-state index contributed by atoms with van der Waals surface area (Å²) in [7, 11) is 0. The topological polar surface area (TPSA) is 46.3 Å². The monoisotopic (exact) mass is 204 g/mol. The van der Waals surface area contributed by atoms with Crippen molar-refractivity contribution in [3.05, 3.63) is 35.4 Å². The van der Waals surface area contributed by atoms with E-state index in [9.17, 15) is 4.79 Å². The number of hydrogen-bond acceptors (Lipinski definition) is 2. The summed E-state index contributed by atoms with van der Waals surface area (Å²) in [6, 6.07) is 7.85. The minimum atomic E-state index is 0.158. The van der Waals surface area contributed by atoms with Gasteiger partial charge in [0.2, 0.25) is 0 Å². The van der Waals surface area contributed by atoms with Crippen LogP contribution in [0.4, 0.5) is 0 Å².